The molecule has 0 aliphatic rings. The smallest absolute Gasteiger partial charge is 0.319 e. The van der Waals surface area contributed by atoms with E-state index in [4.69, 9.17) is 19.3 Å². The van der Waals surface area contributed by atoms with Crippen molar-refractivity contribution >= 4 is 28.9 Å². The van der Waals surface area contributed by atoms with E-state index >= 15 is 0 Å². The second kappa shape index (κ2) is 7.25. The highest BCUT2D eigenvalue weighted by atomic mass is 32.9. The van der Waals surface area contributed by atoms with Gasteiger partial charge in [-0.05, 0) is 25.7 Å². The minimum absolute atomic E-state index is 0.211. The molecule has 6 nitrogen and oxygen atoms in total. The van der Waals surface area contributed by atoms with Crippen LogP contribution in [0.15, 0.2) is 6.07 Å². The molecular weight excluding hydrogens is 295 g/mol. The summed E-state index contributed by atoms with van der Waals surface area (Å²) in [5, 5.41) is 0. The third-order valence-electron chi connectivity index (χ3n) is 1.68. The minimum atomic E-state index is -3.28. The van der Waals surface area contributed by atoms with Crippen LogP contribution in [0.1, 0.15) is 19.5 Å². The Morgan fingerprint density at radius 3 is 2.50 bits per heavy atom. The molecule has 1 heterocycles. The zero-order chi connectivity index (χ0) is 13.6. The monoisotopic (exact) mass is 310 g/mol. The van der Waals surface area contributed by atoms with Gasteiger partial charge < -0.3 is 19.3 Å². The Bertz CT molecular complexity index is 416. The molecule has 0 radical (unpaired) electrons. The summed E-state index contributed by atoms with van der Waals surface area (Å²) in [7, 11) is 0. The zero-order valence-electron chi connectivity index (χ0n) is 10.1. The summed E-state index contributed by atoms with van der Waals surface area (Å²) in [4.78, 5) is 26.5. The van der Waals surface area contributed by atoms with Crippen molar-refractivity contribution in [1.29, 1.82) is 0 Å². The molecular formula is C9H15N2O4PS2. The van der Waals surface area contributed by atoms with E-state index in [0.29, 0.717) is 24.8 Å². The van der Waals surface area contributed by atoms with Crippen LogP contribution >= 0.6 is 17.1 Å². The Morgan fingerprint density at radius 1 is 1.28 bits per heavy atom. The molecule has 0 aliphatic carbocycles. The highest BCUT2D eigenvalue weighted by molar-refractivity contribution is 8.67. The lowest BCUT2D eigenvalue weighted by atomic mass is 10.4. The topological polar surface area (TPSA) is 84.7 Å². The van der Waals surface area contributed by atoms with Crippen molar-refractivity contribution in [3.8, 4) is 11.9 Å². The van der Waals surface area contributed by atoms with Crippen LogP contribution < -0.4 is 9.47 Å². The molecule has 0 amide bonds. The van der Waals surface area contributed by atoms with Crippen LogP contribution in [0.3, 0.4) is 0 Å². The van der Waals surface area contributed by atoms with Gasteiger partial charge >= 0.3 is 6.01 Å². The summed E-state index contributed by atoms with van der Waals surface area (Å²) in [5.74, 6) is 0.670. The maximum atomic E-state index is 9.16. The molecule has 2 N–H and O–H groups in total. The summed E-state index contributed by atoms with van der Waals surface area (Å²) >= 11 is 5.41. The predicted octanol–water partition coefficient (Wildman–Crippen LogP) is 1.72. The molecule has 0 unspecified atom stereocenters. The number of hydrogen-bond donors (Lipinski definition) is 2. The highest BCUT2D eigenvalue weighted by Crippen LogP contribution is 2.52. The highest BCUT2D eigenvalue weighted by Gasteiger charge is 2.12. The van der Waals surface area contributed by atoms with Gasteiger partial charge in [0.25, 0.3) is 0 Å². The van der Waals surface area contributed by atoms with Gasteiger partial charge in [0.05, 0.1) is 18.9 Å². The molecule has 18 heavy (non-hydrogen) atoms. The summed E-state index contributed by atoms with van der Waals surface area (Å²) in [6.45, 7) is 4.60. The Morgan fingerprint density at radius 2 is 1.94 bits per heavy atom. The van der Waals surface area contributed by atoms with E-state index in [1.807, 2.05) is 13.8 Å². The fraction of sp³-hybridized carbons (Fsp3) is 0.556. The fourth-order valence-electron chi connectivity index (χ4n) is 1.09. The van der Waals surface area contributed by atoms with E-state index < -0.39 is 5.69 Å². The van der Waals surface area contributed by atoms with Gasteiger partial charge in [0, 0.05) is 11.8 Å². The molecule has 9 heteroatoms. The molecule has 0 atom stereocenters. The molecule has 102 valence electrons. The van der Waals surface area contributed by atoms with Crippen molar-refractivity contribution in [2.75, 3.05) is 13.2 Å². The van der Waals surface area contributed by atoms with Crippen molar-refractivity contribution in [3.05, 3.63) is 11.8 Å². The Balaban J connectivity index is 2.84. The van der Waals surface area contributed by atoms with Crippen LogP contribution in [-0.4, -0.2) is 33.0 Å². The lowest BCUT2D eigenvalue weighted by molar-refractivity contribution is 0.288. The maximum absolute atomic E-state index is 9.16. The number of ether oxygens (including phenoxy) is 2. The van der Waals surface area contributed by atoms with Crippen molar-refractivity contribution in [2.24, 2.45) is 0 Å². The number of hydrogen-bond acceptors (Lipinski definition) is 6. The summed E-state index contributed by atoms with van der Waals surface area (Å²) < 4.78 is 10.5. The van der Waals surface area contributed by atoms with Gasteiger partial charge in [-0.1, -0.05) is 11.4 Å². The molecule has 1 aromatic heterocycles. The molecule has 1 aromatic rings. The van der Waals surface area contributed by atoms with E-state index in [-0.39, 0.29) is 11.8 Å². The second-order valence-corrected chi connectivity index (χ2v) is 9.16. The molecule has 0 aromatic carbocycles. The predicted molar refractivity (Wildman–Crippen MR) is 74.4 cm³/mol. The lowest BCUT2D eigenvalue weighted by Gasteiger charge is -2.09. The lowest BCUT2D eigenvalue weighted by Crippen LogP contribution is -2.03. The Kier molecular flexibility index (Phi) is 6.31. The molecule has 0 bridgehead atoms. The average molecular weight is 310 g/mol. The number of rotatable bonds is 7. The SMILES string of the molecule is CCOc1cc(CSP(O)(O)=S)nc(OCC)n1. The third-order valence-corrected chi connectivity index (χ3v) is 4.79. The van der Waals surface area contributed by atoms with Crippen LogP contribution in [0.25, 0.3) is 0 Å². The van der Waals surface area contributed by atoms with Gasteiger partial charge in [-0.3, -0.25) is 0 Å². The van der Waals surface area contributed by atoms with E-state index in [2.05, 4.69) is 21.8 Å². The van der Waals surface area contributed by atoms with Gasteiger partial charge in [-0.2, -0.15) is 9.97 Å². The van der Waals surface area contributed by atoms with Gasteiger partial charge in [0.2, 0.25) is 11.6 Å². The molecule has 0 spiro atoms. The number of aromatic nitrogens is 2. The van der Waals surface area contributed by atoms with Gasteiger partial charge in [0.1, 0.15) is 0 Å². The Labute approximate surface area is 115 Å². The standard InChI is InChI=1S/C9H15N2O4PS2/c1-3-14-8-5-7(6-18-16(12,13)17)10-9(11-8)15-4-2/h5H,3-4,6H2,1-2H3,(H2,12,13,17). The quantitative estimate of drug-likeness (QED) is 0.736. The molecule has 0 fully saturated rings. The first-order valence-electron chi connectivity index (χ1n) is 5.28. The van der Waals surface area contributed by atoms with Crippen LogP contribution in [0.5, 0.6) is 11.9 Å². The third kappa shape index (κ3) is 5.97. The van der Waals surface area contributed by atoms with Crippen LogP contribution in [0.2, 0.25) is 0 Å². The van der Waals surface area contributed by atoms with E-state index in [0.717, 1.165) is 11.4 Å². The van der Waals surface area contributed by atoms with Crippen molar-refractivity contribution in [2.45, 2.75) is 19.6 Å². The first-order chi connectivity index (χ1) is 8.44. The summed E-state index contributed by atoms with van der Waals surface area (Å²) in [6.07, 6.45) is 0. The van der Waals surface area contributed by atoms with Crippen LogP contribution in [0, 0.1) is 0 Å². The molecule has 1 rings (SSSR count). The van der Waals surface area contributed by atoms with Gasteiger partial charge in [-0.15, -0.1) is 0 Å². The van der Waals surface area contributed by atoms with Gasteiger partial charge in [0.15, 0.2) is 0 Å². The van der Waals surface area contributed by atoms with Crippen LogP contribution in [0.4, 0.5) is 0 Å². The van der Waals surface area contributed by atoms with Crippen molar-refractivity contribution in [1.82, 2.24) is 9.97 Å². The summed E-state index contributed by atoms with van der Waals surface area (Å²) in [5.41, 5.74) is -2.70. The zero-order valence-corrected chi connectivity index (χ0v) is 12.6. The second-order valence-electron chi connectivity index (χ2n) is 3.11. The molecule has 0 saturated heterocycles. The summed E-state index contributed by atoms with van der Waals surface area (Å²) in [6, 6.07) is 1.84. The first kappa shape index (κ1) is 15.7. The molecule has 0 saturated carbocycles. The fourth-order valence-corrected chi connectivity index (χ4v) is 2.91. The number of nitrogens with zero attached hydrogens (tertiary/aromatic N) is 2. The van der Waals surface area contributed by atoms with E-state index in [1.165, 1.54) is 0 Å². The first-order valence-corrected chi connectivity index (χ1v) is 9.58. The molecule has 0 aliphatic heterocycles. The normalized spacial score (nSPS) is 11.3. The Hall–Kier alpha value is -0.400. The van der Waals surface area contributed by atoms with Crippen molar-refractivity contribution < 1.29 is 19.3 Å². The van der Waals surface area contributed by atoms with Crippen molar-refractivity contribution in [3.63, 3.8) is 0 Å². The van der Waals surface area contributed by atoms with E-state index in [1.54, 1.807) is 6.07 Å². The largest absolute Gasteiger partial charge is 0.478 e. The minimum Gasteiger partial charge on any atom is -0.478 e. The van der Waals surface area contributed by atoms with E-state index in [9.17, 15) is 0 Å². The maximum Gasteiger partial charge on any atom is 0.319 e. The average Bonchev–Trinajstić information content (AvgIpc) is 2.26. The van der Waals surface area contributed by atoms with Gasteiger partial charge in [-0.25, -0.2) is 0 Å². The van der Waals surface area contributed by atoms with Crippen LogP contribution in [-0.2, 0) is 17.6 Å².